The molecular weight excluding hydrogens is 405 g/mol. The highest BCUT2D eigenvalue weighted by atomic mass is 35.5. The van der Waals surface area contributed by atoms with Crippen LogP contribution in [0.5, 0.6) is 0 Å². The molecule has 2 atom stereocenters. The van der Waals surface area contributed by atoms with Crippen LogP contribution in [0.2, 0.25) is 10.0 Å². The van der Waals surface area contributed by atoms with Gasteiger partial charge in [-0.25, -0.2) is 16.8 Å². The number of nitrogens with zero attached hydrogens (tertiary/aromatic N) is 1. The smallest absolute Gasteiger partial charge is 0.318 e. The van der Waals surface area contributed by atoms with Crippen molar-refractivity contribution >= 4 is 49.0 Å². The van der Waals surface area contributed by atoms with Crippen LogP contribution in [0.1, 0.15) is 0 Å². The van der Waals surface area contributed by atoms with Crippen molar-refractivity contribution in [3.63, 3.8) is 0 Å². The molecule has 0 radical (unpaired) electrons. The summed E-state index contributed by atoms with van der Waals surface area (Å²) in [6.07, 6.45) is -1.52. The molecule has 2 N–H and O–H groups in total. The highest BCUT2D eigenvalue weighted by molar-refractivity contribution is 7.92. The van der Waals surface area contributed by atoms with E-state index in [9.17, 15) is 26.7 Å². The van der Waals surface area contributed by atoms with Gasteiger partial charge in [0.15, 0.2) is 9.84 Å². The molecule has 0 unspecified atom stereocenters. The molecule has 0 aliphatic carbocycles. The van der Waals surface area contributed by atoms with Gasteiger partial charge in [0.25, 0.3) is 0 Å². The van der Waals surface area contributed by atoms with Gasteiger partial charge in [-0.05, 0) is 18.2 Å². The minimum Gasteiger partial charge on any atom is -0.480 e. The first-order valence-corrected chi connectivity index (χ1v) is 10.5. The molecule has 24 heavy (non-hydrogen) atoms. The summed E-state index contributed by atoms with van der Waals surface area (Å²) < 4.78 is 49.2. The Hall–Kier alpha value is -0.910. The van der Waals surface area contributed by atoms with E-state index in [1.54, 1.807) is 0 Å². The number of benzene rings is 1. The lowest BCUT2D eigenvalue weighted by molar-refractivity contribution is -0.137. The molecule has 1 aromatic carbocycles. The van der Waals surface area contributed by atoms with Crippen LogP contribution in [-0.4, -0.2) is 67.5 Å². The lowest BCUT2D eigenvalue weighted by atomic mass is 10.2. The maximum atomic E-state index is 12.7. The van der Waals surface area contributed by atoms with E-state index in [1.807, 2.05) is 0 Å². The molecule has 1 saturated heterocycles. The number of aliphatic carboxylic acids is 1. The van der Waals surface area contributed by atoms with Gasteiger partial charge in [-0.15, -0.1) is 0 Å². The highest BCUT2D eigenvalue weighted by Crippen LogP contribution is 2.29. The van der Waals surface area contributed by atoms with Crippen molar-refractivity contribution in [3.05, 3.63) is 28.2 Å². The lowest BCUT2D eigenvalue weighted by Gasteiger charge is -2.27. The van der Waals surface area contributed by atoms with Crippen molar-refractivity contribution in [3.8, 4) is 0 Å². The fraction of sp³-hybridized carbons (Fsp3) is 0.417. The Bertz CT molecular complexity index is 869. The summed E-state index contributed by atoms with van der Waals surface area (Å²) >= 11 is 11.5. The summed E-state index contributed by atoms with van der Waals surface area (Å²) in [6, 6.07) is 1.97. The van der Waals surface area contributed by atoms with Gasteiger partial charge in [-0.3, -0.25) is 4.79 Å². The van der Waals surface area contributed by atoms with Gasteiger partial charge in [0.2, 0.25) is 10.0 Å². The summed E-state index contributed by atoms with van der Waals surface area (Å²) in [5, 5.41) is 18.9. The van der Waals surface area contributed by atoms with Gasteiger partial charge < -0.3 is 10.2 Å². The first-order chi connectivity index (χ1) is 10.9. The molecule has 0 amide bonds. The third-order valence-corrected chi connectivity index (χ3v) is 7.76. The molecule has 0 spiro atoms. The number of hydrogen-bond acceptors (Lipinski definition) is 6. The zero-order valence-corrected chi connectivity index (χ0v) is 15.1. The van der Waals surface area contributed by atoms with Crippen molar-refractivity contribution in [1.82, 2.24) is 4.31 Å². The molecule has 0 saturated carbocycles. The summed E-state index contributed by atoms with van der Waals surface area (Å²) in [4.78, 5) is 10.7. The van der Waals surface area contributed by atoms with Crippen LogP contribution in [0.4, 0.5) is 0 Å². The third kappa shape index (κ3) is 4.01. The van der Waals surface area contributed by atoms with Crippen LogP contribution < -0.4 is 0 Å². The summed E-state index contributed by atoms with van der Waals surface area (Å²) in [6.45, 7) is -1.00. The highest BCUT2D eigenvalue weighted by Gasteiger charge is 2.45. The van der Waals surface area contributed by atoms with Gasteiger partial charge in [0.1, 0.15) is 6.54 Å². The van der Waals surface area contributed by atoms with E-state index in [1.165, 1.54) is 6.07 Å². The second-order valence-electron chi connectivity index (χ2n) is 5.23. The van der Waals surface area contributed by atoms with Crippen LogP contribution in [-0.2, 0) is 24.7 Å². The minimum absolute atomic E-state index is 0.0624. The molecule has 8 nitrogen and oxygen atoms in total. The summed E-state index contributed by atoms with van der Waals surface area (Å²) in [5.74, 6) is -2.79. The number of aliphatic hydroxyl groups excluding tert-OH is 1. The topological polar surface area (TPSA) is 129 Å². The van der Waals surface area contributed by atoms with E-state index in [2.05, 4.69) is 0 Å². The number of rotatable bonds is 5. The average Bonchev–Trinajstić information content (AvgIpc) is 2.71. The molecule has 1 aromatic rings. The Labute approximate surface area is 148 Å². The van der Waals surface area contributed by atoms with E-state index >= 15 is 0 Å². The Morgan fingerprint density at radius 3 is 2.33 bits per heavy atom. The maximum Gasteiger partial charge on any atom is 0.318 e. The van der Waals surface area contributed by atoms with Crippen molar-refractivity contribution in [2.45, 2.75) is 17.0 Å². The zero-order chi connectivity index (χ0) is 18.3. The van der Waals surface area contributed by atoms with Crippen molar-refractivity contribution in [1.29, 1.82) is 0 Å². The van der Waals surface area contributed by atoms with E-state index in [-0.39, 0.29) is 14.9 Å². The van der Waals surface area contributed by atoms with Gasteiger partial charge in [-0.1, -0.05) is 23.2 Å². The maximum absolute atomic E-state index is 12.7. The number of sulfone groups is 1. The minimum atomic E-state index is -4.42. The molecule has 0 bridgehead atoms. The Balaban J connectivity index is 2.50. The summed E-state index contributed by atoms with van der Waals surface area (Å²) in [7, 11) is -8.10. The van der Waals surface area contributed by atoms with Crippen LogP contribution >= 0.6 is 23.2 Å². The van der Waals surface area contributed by atoms with Gasteiger partial charge in [0.05, 0.1) is 38.6 Å². The van der Waals surface area contributed by atoms with Gasteiger partial charge in [-0.2, -0.15) is 4.31 Å². The molecule has 1 heterocycles. The number of hydrogen-bond donors (Lipinski definition) is 2. The van der Waals surface area contributed by atoms with Crippen LogP contribution in [0, 0.1) is 0 Å². The zero-order valence-electron chi connectivity index (χ0n) is 12.0. The second kappa shape index (κ2) is 6.77. The van der Waals surface area contributed by atoms with E-state index in [0.29, 0.717) is 4.31 Å². The number of carbonyl (C=O) groups is 1. The van der Waals surface area contributed by atoms with Crippen LogP contribution in [0.3, 0.4) is 0 Å². The first kappa shape index (κ1) is 19.4. The van der Waals surface area contributed by atoms with Crippen LogP contribution in [0.15, 0.2) is 23.1 Å². The molecule has 12 heteroatoms. The van der Waals surface area contributed by atoms with E-state index in [0.717, 1.165) is 12.1 Å². The van der Waals surface area contributed by atoms with E-state index < -0.39 is 56.0 Å². The number of sulfonamides is 1. The predicted molar refractivity (Wildman–Crippen MR) is 86.4 cm³/mol. The van der Waals surface area contributed by atoms with Crippen molar-refractivity contribution in [2.75, 3.05) is 18.1 Å². The number of carboxylic acid groups (broad SMARTS) is 1. The van der Waals surface area contributed by atoms with Gasteiger partial charge >= 0.3 is 5.97 Å². The van der Waals surface area contributed by atoms with E-state index in [4.69, 9.17) is 28.3 Å². The number of aliphatic hydroxyl groups is 1. The Kier molecular flexibility index (Phi) is 5.48. The normalized spacial score (nSPS) is 23.5. The fourth-order valence-corrected chi connectivity index (χ4v) is 6.26. The fourth-order valence-electron chi connectivity index (χ4n) is 2.37. The molecule has 1 aliphatic heterocycles. The average molecular weight is 418 g/mol. The van der Waals surface area contributed by atoms with Crippen molar-refractivity contribution < 1.29 is 31.8 Å². The first-order valence-electron chi connectivity index (χ1n) is 6.51. The second-order valence-corrected chi connectivity index (χ2v) is 10.1. The monoisotopic (exact) mass is 417 g/mol. The van der Waals surface area contributed by atoms with Crippen LogP contribution in [0.25, 0.3) is 0 Å². The standard InChI is InChI=1S/C12H13Cl2NO7S2/c13-8-2-1-7(3-9(8)14)24(21,22)15(4-12(17)18)10-5-23(19,20)6-11(10)16/h1-3,10-11,16H,4-6H2,(H,17,18)/t10-,11-/m0/s1. The predicted octanol–water partition coefficient (Wildman–Crippen LogP) is 0.227. The SMILES string of the molecule is O=C(O)CN([C@H]1CS(=O)(=O)C[C@@H]1O)S(=O)(=O)c1ccc(Cl)c(Cl)c1. The molecule has 1 fully saturated rings. The molecule has 1 aliphatic rings. The quantitative estimate of drug-likeness (QED) is 0.700. The number of carboxylic acids is 1. The number of halogens is 2. The van der Waals surface area contributed by atoms with Crippen molar-refractivity contribution in [2.24, 2.45) is 0 Å². The summed E-state index contributed by atoms with van der Waals surface area (Å²) in [5.41, 5.74) is 0. The third-order valence-electron chi connectivity index (χ3n) is 3.45. The largest absolute Gasteiger partial charge is 0.480 e. The Morgan fingerprint density at radius 1 is 1.25 bits per heavy atom. The lowest BCUT2D eigenvalue weighted by Crippen LogP contribution is -2.48. The molecule has 2 rings (SSSR count). The Morgan fingerprint density at radius 2 is 1.88 bits per heavy atom. The molecule has 134 valence electrons. The molecule has 0 aromatic heterocycles. The molecular formula is C12H13Cl2NO7S2. The van der Waals surface area contributed by atoms with Gasteiger partial charge in [0, 0.05) is 0 Å².